The van der Waals surface area contributed by atoms with E-state index in [1.54, 1.807) is 0 Å². The summed E-state index contributed by atoms with van der Waals surface area (Å²) in [6.07, 6.45) is 0. The molecule has 2 rings (SSSR count). The maximum atomic E-state index is 11.8. The summed E-state index contributed by atoms with van der Waals surface area (Å²) in [5.41, 5.74) is 3.66. The molecule has 0 radical (unpaired) electrons. The van der Waals surface area contributed by atoms with Crippen molar-refractivity contribution in [1.29, 1.82) is 0 Å². The van der Waals surface area contributed by atoms with Gasteiger partial charge in [0.25, 0.3) is 0 Å². The van der Waals surface area contributed by atoms with Crippen molar-refractivity contribution in [3.63, 3.8) is 0 Å². The van der Waals surface area contributed by atoms with Crippen molar-refractivity contribution in [3.8, 4) is 0 Å². The Morgan fingerprint density at radius 2 is 2.11 bits per heavy atom. The first-order valence-electron chi connectivity index (χ1n) is 6.23. The molecule has 0 saturated carbocycles. The highest BCUT2D eigenvalue weighted by molar-refractivity contribution is 9.10. The maximum Gasteiger partial charge on any atom is 0.339 e. The van der Waals surface area contributed by atoms with E-state index in [-0.39, 0.29) is 11.4 Å². The summed E-state index contributed by atoms with van der Waals surface area (Å²) >= 11 is 3.45. The lowest BCUT2D eigenvalue weighted by Crippen LogP contribution is -2.24. The molecule has 0 N–H and O–H groups in total. The van der Waals surface area contributed by atoms with E-state index >= 15 is 0 Å². The molecule has 1 aliphatic heterocycles. The van der Waals surface area contributed by atoms with Crippen LogP contribution in [-0.4, -0.2) is 19.6 Å². The van der Waals surface area contributed by atoms with Gasteiger partial charge >= 0.3 is 5.97 Å². The molecule has 1 heterocycles. The Bertz CT molecular complexity index is 564. The standard InChI is InChI=1S/C15H18BrNO2/c1-6-17-9(2)15(3,4)11-7-10(14(18)19-5)12(16)8-13(11)17/h7-8H,2,6H2,1,3-5H3. The van der Waals surface area contributed by atoms with Crippen molar-refractivity contribution in [2.24, 2.45) is 0 Å². The Morgan fingerprint density at radius 1 is 1.47 bits per heavy atom. The minimum Gasteiger partial charge on any atom is -0.465 e. The summed E-state index contributed by atoms with van der Waals surface area (Å²) in [5, 5.41) is 0. The summed E-state index contributed by atoms with van der Waals surface area (Å²) < 4.78 is 5.57. The number of likely N-dealkylation sites (N-methyl/N-ethyl adjacent to an activating group) is 1. The van der Waals surface area contributed by atoms with Crippen LogP contribution in [-0.2, 0) is 10.2 Å². The van der Waals surface area contributed by atoms with E-state index < -0.39 is 0 Å². The molecule has 0 unspecified atom stereocenters. The number of fused-ring (bicyclic) bond motifs is 1. The number of benzene rings is 1. The minimum atomic E-state index is -0.328. The van der Waals surface area contributed by atoms with Crippen LogP contribution in [0.4, 0.5) is 5.69 Å². The summed E-state index contributed by atoms with van der Waals surface area (Å²) in [6, 6.07) is 3.89. The molecule has 102 valence electrons. The van der Waals surface area contributed by atoms with Crippen molar-refractivity contribution in [2.45, 2.75) is 26.2 Å². The number of ether oxygens (including phenoxy) is 1. The average molecular weight is 324 g/mol. The molecule has 1 aromatic rings. The number of allylic oxidation sites excluding steroid dienone is 1. The Labute approximate surface area is 122 Å². The first-order valence-corrected chi connectivity index (χ1v) is 7.03. The number of rotatable bonds is 2. The first kappa shape index (κ1) is 14.1. The van der Waals surface area contributed by atoms with Gasteiger partial charge in [-0.1, -0.05) is 20.4 Å². The lowest BCUT2D eigenvalue weighted by atomic mass is 9.84. The van der Waals surface area contributed by atoms with Crippen LogP contribution in [0.1, 0.15) is 36.7 Å². The van der Waals surface area contributed by atoms with Crippen LogP contribution in [0.5, 0.6) is 0 Å². The van der Waals surface area contributed by atoms with Gasteiger partial charge in [-0.05, 0) is 40.5 Å². The highest BCUT2D eigenvalue weighted by atomic mass is 79.9. The molecule has 0 amide bonds. The highest BCUT2D eigenvalue weighted by Gasteiger charge is 2.39. The van der Waals surface area contributed by atoms with Gasteiger partial charge < -0.3 is 9.64 Å². The topological polar surface area (TPSA) is 29.5 Å². The van der Waals surface area contributed by atoms with Crippen molar-refractivity contribution in [1.82, 2.24) is 0 Å². The zero-order valence-corrected chi connectivity index (χ0v) is 13.3. The van der Waals surface area contributed by atoms with E-state index in [9.17, 15) is 4.79 Å². The lowest BCUT2D eigenvalue weighted by molar-refractivity contribution is 0.0599. The van der Waals surface area contributed by atoms with Crippen LogP contribution in [0.15, 0.2) is 28.9 Å². The summed E-state index contributed by atoms with van der Waals surface area (Å²) in [5.74, 6) is -0.328. The second kappa shape index (κ2) is 4.67. The number of carbonyl (C=O) groups excluding carboxylic acids is 1. The van der Waals surface area contributed by atoms with Crippen molar-refractivity contribution in [2.75, 3.05) is 18.6 Å². The SMILES string of the molecule is C=C1N(CC)c2cc(Br)c(C(=O)OC)cc2C1(C)C. The molecule has 0 aromatic heterocycles. The van der Waals surface area contributed by atoms with E-state index in [1.807, 2.05) is 12.1 Å². The van der Waals surface area contributed by atoms with Crippen LogP contribution in [0.25, 0.3) is 0 Å². The number of carbonyl (C=O) groups is 1. The fourth-order valence-corrected chi connectivity index (χ4v) is 3.05. The number of hydrogen-bond donors (Lipinski definition) is 0. The van der Waals surface area contributed by atoms with Gasteiger partial charge in [0, 0.05) is 27.8 Å². The van der Waals surface area contributed by atoms with Crippen LogP contribution in [0.2, 0.25) is 0 Å². The average Bonchev–Trinajstić information content (AvgIpc) is 2.55. The van der Waals surface area contributed by atoms with Gasteiger partial charge in [-0.2, -0.15) is 0 Å². The predicted octanol–water partition coefficient (Wildman–Crippen LogP) is 3.87. The molecule has 0 spiro atoms. The van der Waals surface area contributed by atoms with Crippen LogP contribution in [0.3, 0.4) is 0 Å². The summed E-state index contributed by atoms with van der Waals surface area (Å²) in [4.78, 5) is 14.0. The Kier molecular flexibility index (Phi) is 3.47. The minimum absolute atomic E-state index is 0.172. The van der Waals surface area contributed by atoms with E-state index in [0.29, 0.717) is 5.56 Å². The van der Waals surface area contributed by atoms with E-state index in [0.717, 1.165) is 28.0 Å². The first-order chi connectivity index (χ1) is 8.84. The van der Waals surface area contributed by atoms with E-state index in [1.165, 1.54) is 7.11 Å². The second-order valence-electron chi connectivity index (χ2n) is 5.16. The molecule has 1 aliphatic rings. The number of hydrogen-bond acceptors (Lipinski definition) is 3. The zero-order chi connectivity index (χ0) is 14.4. The molecule has 0 bridgehead atoms. The maximum absolute atomic E-state index is 11.8. The monoisotopic (exact) mass is 323 g/mol. The Hall–Kier alpha value is -1.29. The molecule has 3 nitrogen and oxygen atoms in total. The molecule has 19 heavy (non-hydrogen) atoms. The summed E-state index contributed by atoms with van der Waals surface area (Å²) in [6.45, 7) is 11.4. The highest BCUT2D eigenvalue weighted by Crippen LogP contribution is 2.48. The fraction of sp³-hybridized carbons (Fsp3) is 0.400. The van der Waals surface area contributed by atoms with Gasteiger partial charge in [-0.15, -0.1) is 0 Å². The lowest BCUT2D eigenvalue weighted by Gasteiger charge is -2.24. The molecule has 0 saturated heterocycles. The largest absolute Gasteiger partial charge is 0.465 e. The fourth-order valence-electron chi connectivity index (χ4n) is 2.55. The number of esters is 1. The van der Waals surface area contributed by atoms with Crippen LogP contribution < -0.4 is 4.90 Å². The number of nitrogens with zero attached hydrogens (tertiary/aromatic N) is 1. The van der Waals surface area contributed by atoms with Crippen molar-refractivity contribution < 1.29 is 9.53 Å². The second-order valence-corrected chi connectivity index (χ2v) is 6.01. The van der Waals surface area contributed by atoms with Gasteiger partial charge in [0.05, 0.1) is 12.7 Å². The Morgan fingerprint density at radius 3 is 2.63 bits per heavy atom. The predicted molar refractivity (Wildman–Crippen MR) is 80.7 cm³/mol. The third-order valence-corrected chi connectivity index (χ3v) is 4.47. The molecule has 0 aliphatic carbocycles. The Balaban J connectivity index is 2.67. The van der Waals surface area contributed by atoms with E-state index in [4.69, 9.17) is 4.74 Å². The third-order valence-electron chi connectivity index (χ3n) is 3.82. The normalized spacial score (nSPS) is 16.5. The molecule has 0 fully saturated rings. The van der Waals surface area contributed by atoms with Gasteiger partial charge in [-0.25, -0.2) is 4.79 Å². The number of anilines is 1. The smallest absolute Gasteiger partial charge is 0.339 e. The molecule has 0 atom stereocenters. The summed E-state index contributed by atoms with van der Waals surface area (Å²) in [7, 11) is 1.39. The van der Waals surface area contributed by atoms with Gasteiger partial charge in [-0.3, -0.25) is 0 Å². The van der Waals surface area contributed by atoms with Crippen molar-refractivity contribution >= 4 is 27.6 Å². The van der Waals surface area contributed by atoms with Gasteiger partial charge in [0.2, 0.25) is 0 Å². The third kappa shape index (κ3) is 1.98. The molecular formula is C15H18BrNO2. The number of methoxy groups -OCH3 is 1. The van der Waals surface area contributed by atoms with Crippen LogP contribution >= 0.6 is 15.9 Å². The quantitative estimate of drug-likeness (QED) is 0.774. The molecular weight excluding hydrogens is 306 g/mol. The van der Waals surface area contributed by atoms with Gasteiger partial charge in [0.1, 0.15) is 0 Å². The van der Waals surface area contributed by atoms with Gasteiger partial charge in [0.15, 0.2) is 0 Å². The number of halogens is 1. The molecule has 1 aromatic carbocycles. The zero-order valence-electron chi connectivity index (χ0n) is 11.7. The van der Waals surface area contributed by atoms with Crippen LogP contribution in [0, 0.1) is 0 Å². The van der Waals surface area contributed by atoms with Crippen molar-refractivity contribution in [3.05, 3.63) is 40.0 Å². The van der Waals surface area contributed by atoms with E-state index in [2.05, 4.69) is 48.2 Å². The molecule has 4 heteroatoms.